The summed E-state index contributed by atoms with van der Waals surface area (Å²) in [5, 5.41) is 5.43. The second-order valence-corrected chi connectivity index (χ2v) is 4.78. The Balaban J connectivity index is 2.41. The largest absolute Gasteiger partial charge is 0.373 e. The van der Waals surface area contributed by atoms with Crippen LogP contribution in [0.4, 0.5) is 30.5 Å². The van der Waals surface area contributed by atoms with Crippen LogP contribution in [0.5, 0.6) is 0 Å². The summed E-state index contributed by atoms with van der Waals surface area (Å²) in [7, 11) is 1.68. The second kappa shape index (κ2) is 5.99. The van der Waals surface area contributed by atoms with E-state index < -0.39 is 17.5 Å². The van der Waals surface area contributed by atoms with Gasteiger partial charge in [-0.3, -0.25) is 0 Å². The van der Waals surface area contributed by atoms with Gasteiger partial charge < -0.3 is 10.6 Å². The van der Waals surface area contributed by atoms with Gasteiger partial charge in [-0.25, -0.2) is 23.1 Å². The molecule has 1 aromatic heterocycles. The molecule has 0 saturated carbocycles. The van der Waals surface area contributed by atoms with Crippen LogP contribution in [0.2, 0.25) is 0 Å². The Morgan fingerprint density at radius 3 is 2.29 bits per heavy atom. The van der Waals surface area contributed by atoms with Gasteiger partial charge in [0.1, 0.15) is 23.3 Å². The summed E-state index contributed by atoms with van der Waals surface area (Å²) in [6.45, 7) is 3.81. The van der Waals surface area contributed by atoms with Crippen molar-refractivity contribution in [3.8, 4) is 0 Å². The van der Waals surface area contributed by atoms with Crippen LogP contribution < -0.4 is 10.6 Å². The molecular weight excluding hydrogens is 281 g/mol. The van der Waals surface area contributed by atoms with Crippen molar-refractivity contribution < 1.29 is 13.2 Å². The number of nitrogens with one attached hydrogen (secondary N) is 2. The van der Waals surface area contributed by atoms with E-state index in [0.717, 1.165) is 6.07 Å². The van der Waals surface area contributed by atoms with E-state index in [0.29, 0.717) is 17.7 Å². The van der Waals surface area contributed by atoms with Gasteiger partial charge in [0.2, 0.25) is 0 Å². The minimum Gasteiger partial charge on any atom is -0.373 e. The summed E-state index contributed by atoms with van der Waals surface area (Å²) in [5.74, 6) is -1.94. The third-order valence-electron chi connectivity index (χ3n) is 2.77. The first-order chi connectivity index (χ1) is 9.90. The molecule has 2 N–H and O–H groups in total. The SMILES string of the molecule is CNc1cc(Nc2cc(F)cc(F)c2F)nc(C(C)C)n1. The summed E-state index contributed by atoms with van der Waals surface area (Å²) < 4.78 is 40.0. The van der Waals surface area contributed by atoms with Crippen LogP contribution in [-0.4, -0.2) is 17.0 Å². The zero-order valence-corrected chi connectivity index (χ0v) is 11.8. The Morgan fingerprint density at radius 2 is 1.67 bits per heavy atom. The molecule has 112 valence electrons. The molecule has 0 aliphatic carbocycles. The highest BCUT2D eigenvalue weighted by Gasteiger charge is 2.13. The highest BCUT2D eigenvalue weighted by Crippen LogP contribution is 2.24. The molecule has 0 aliphatic rings. The molecule has 2 rings (SSSR count). The molecule has 0 aliphatic heterocycles. The number of hydrogen-bond acceptors (Lipinski definition) is 4. The maximum absolute atomic E-state index is 13.6. The zero-order chi connectivity index (χ0) is 15.6. The normalized spacial score (nSPS) is 10.8. The van der Waals surface area contributed by atoms with Gasteiger partial charge in [0.25, 0.3) is 0 Å². The summed E-state index contributed by atoms with van der Waals surface area (Å²) in [6.07, 6.45) is 0. The first-order valence-electron chi connectivity index (χ1n) is 6.39. The van der Waals surface area contributed by atoms with E-state index in [1.54, 1.807) is 7.05 Å². The second-order valence-electron chi connectivity index (χ2n) is 4.78. The van der Waals surface area contributed by atoms with Crippen LogP contribution in [0.15, 0.2) is 18.2 Å². The van der Waals surface area contributed by atoms with Crippen LogP contribution in [-0.2, 0) is 0 Å². The fraction of sp³-hybridized carbons (Fsp3) is 0.286. The van der Waals surface area contributed by atoms with Crippen molar-refractivity contribution in [2.45, 2.75) is 19.8 Å². The number of anilines is 3. The number of nitrogens with zero attached hydrogens (tertiary/aromatic N) is 2. The molecule has 0 spiro atoms. The van der Waals surface area contributed by atoms with Crippen LogP contribution in [0, 0.1) is 17.5 Å². The topological polar surface area (TPSA) is 49.8 Å². The van der Waals surface area contributed by atoms with Gasteiger partial charge in [-0.2, -0.15) is 0 Å². The molecule has 0 fully saturated rings. The third kappa shape index (κ3) is 3.42. The van der Waals surface area contributed by atoms with Crippen LogP contribution >= 0.6 is 0 Å². The minimum absolute atomic E-state index is 0.0490. The van der Waals surface area contributed by atoms with E-state index in [1.807, 2.05) is 13.8 Å². The average molecular weight is 296 g/mol. The highest BCUT2D eigenvalue weighted by molar-refractivity contribution is 5.60. The summed E-state index contributed by atoms with van der Waals surface area (Å²) in [6, 6.07) is 2.88. The van der Waals surface area contributed by atoms with Gasteiger partial charge >= 0.3 is 0 Å². The molecule has 4 nitrogen and oxygen atoms in total. The molecule has 2 aromatic rings. The lowest BCUT2D eigenvalue weighted by Gasteiger charge is -2.12. The van der Waals surface area contributed by atoms with E-state index in [-0.39, 0.29) is 17.4 Å². The van der Waals surface area contributed by atoms with E-state index in [9.17, 15) is 13.2 Å². The third-order valence-corrected chi connectivity index (χ3v) is 2.77. The lowest BCUT2D eigenvalue weighted by Crippen LogP contribution is -2.06. The molecule has 0 bridgehead atoms. The first-order valence-corrected chi connectivity index (χ1v) is 6.39. The van der Waals surface area contributed by atoms with Crippen molar-refractivity contribution in [3.05, 3.63) is 41.5 Å². The van der Waals surface area contributed by atoms with E-state index >= 15 is 0 Å². The van der Waals surface area contributed by atoms with Crippen LogP contribution in [0.25, 0.3) is 0 Å². The van der Waals surface area contributed by atoms with E-state index in [2.05, 4.69) is 20.6 Å². The molecule has 0 atom stereocenters. The maximum atomic E-state index is 13.6. The van der Waals surface area contributed by atoms with Gasteiger partial charge in [0.05, 0.1) is 5.69 Å². The Hall–Kier alpha value is -2.31. The Morgan fingerprint density at radius 1 is 1.00 bits per heavy atom. The van der Waals surface area contributed by atoms with Crippen molar-refractivity contribution in [3.63, 3.8) is 0 Å². The number of aromatic nitrogens is 2. The fourth-order valence-electron chi connectivity index (χ4n) is 1.70. The quantitative estimate of drug-likeness (QED) is 0.843. The first kappa shape index (κ1) is 15.1. The molecule has 0 radical (unpaired) electrons. The van der Waals surface area contributed by atoms with Crippen molar-refractivity contribution in [1.29, 1.82) is 0 Å². The van der Waals surface area contributed by atoms with Gasteiger partial charge in [-0.05, 0) is 0 Å². The lowest BCUT2D eigenvalue weighted by atomic mass is 10.2. The van der Waals surface area contributed by atoms with Gasteiger partial charge in [0.15, 0.2) is 11.6 Å². The number of rotatable bonds is 4. The Kier molecular flexibility index (Phi) is 4.30. The molecule has 1 heterocycles. The molecule has 7 heteroatoms. The number of benzene rings is 1. The van der Waals surface area contributed by atoms with Gasteiger partial charge in [0, 0.05) is 31.2 Å². The highest BCUT2D eigenvalue weighted by atomic mass is 19.2. The predicted molar refractivity (Wildman–Crippen MR) is 75.3 cm³/mol. The van der Waals surface area contributed by atoms with Crippen molar-refractivity contribution in [1.82, 2.24) is 9.97 Å². The Bertz CT molecular complexity index is 659. The van der Waals surface area contributed by atoms with Crippen molar-refractivity contribution in [2.75, 3.05) is 17.7 Å². The smallest absolute Gasteiger partial charge is 0.182 e. The standard InChI is InChI=1S/C14H15F3N4/c1-7(2)14-20-11(18-3)6-12(21-14)19-10-5-8(15)4-9(16)13(10)17/h4-7H,1-3H3,(H2,18,19,20,21). The summed E-state index contributed by atoms with van der Waals surface area (Å²) in [5.41, 5.74) is -0.317. The zero-order valence-electron chi connectivity index (χ0n) is 11.8. The van der Waals surface area contributed by atoms with Crippen molar-refractivity contribution in [2.24, 2.45) is 0 Å². The maximum Gasteiger partial charge on any atom is 0.182 e. The van der Waals surface area contributed by atoms with Gasteiger partial charge in [-0.1, -0.05) is 13.8 Å². The average Bonchev–Trinajstić information content (AvgIpc) is 2.43. The number of hydrogen-bond donors (Lipinski definition) is 2. The van der Waals surface area contributed by atoms with Crippen LogP contribution in [0.1, 0.15) is 25.6 Å². The molecule has 0 amide bonds. The Labute approximate surface area is 120 Å². The van der Waals surface area contributed by atoms with Crippen LogP contribution in [0.3, 0.4) is 0 Å². The molecule has 1 aromatic carbocycles. The molecule has 0 unspecified atom stereocenters. The van der Waals surface area contributed by atoms with E-state index in [1.165, 1.54) is 6.07 Å². The minimum atomic E-state index is -1.26. The summed E-state index contributed by atoms with van der Waals surface area (Å²) in [4.78, 5) is 8.45. The summed E-state index contributed by atoms with van der Waals surface area (Å²) >= 11 is 0. The number of halogens is 3. The lowest BCUT2D eigenvalue weighted by molar-refractivity contribution is 0.498. The predicted octanol–water partition coefficient (Wildman–Crippen LogP) is 3.80. The monoisotopic (exact) mass is 296 g/mol. The molecule has 21 heavy (non-hydrogen) atoms. The fourth-order valence-corrected chi connectivity index (χ4v) is 1.70. The van der Waals surface area contributed by atoms with Crippen molar-refractivity contribution >= 4 is 17.3 Å². The van der Waals surface area contributed by atoms with E-state index in [4.69, 9.17) is 0 Å². The van der Waals surface area contributed by atoms with Gasteiger partial charge in [-0.15, -0.1) is 0 Å². The molecule has 0 saturated heterocycles. The molecular formula is C14H15F3N4.